The maximum atomic E-state index is 12.6. The van der Waals surface area contributed by atoms with Crippen molar-refractivity contribution in [3.8, 4) is 0 Å². The van der Waals surface area contributed by atoms with Gasteiger partial charge in [-0.05, 0) is 76.5 Å². The number of carbonyl (C=O) groups is 1. The van der Waals surface area contributed by atoms with Crippen LogP contribution >= 0.6 is 0 Å². The van der Waals surface area contributed by atoms with E-state index in [1.54, 1.807) is 18.3 Å². The molecular weight excluding hydrogens is 284 g/mol. The van der Waals surface area contributed by atoms with Crippen LogP contribution in [0.25, 0.3) is 0 Å². The van der Waals surface area contributed by atoms with Crippen LogP contribution in [0, 0.1) is 22.2 Å². The molecule has 0 unspecified atom stereocenters. The van der Waals surface area contributed by atoms with Crippen molar-refractivity contribution in [1.29, 1.82) is 0 Å². The molecule has 0 heterocycles. The molecule has 2 bridgehead atoms. The zero-order valence-corrected chi connectivity index (χ0v) is 15.1. The Morgan fingerprint density at radius 3 is 2.70 bits per heavy atom. The molecule has 2 heteroatoms. The Morgan fingerprint density at radius 2 is 1.96 bits per heavy atom. The number of ether oxygens (including phenoxy) is 1. The summed E-state index contributed by atoms with van der Waals surface area (Å²) in [5, 5.41) is 0. The van der Waals surface area contributed by atoms with Gasteiger partial charge in [0.15, 0.2) is 0 Å². The van der Waals surface area contributed by atoms with E-state index < -0.39 is 0 Å². The van der Waals surface area contributed by atoms with E-state index in [-0.39, 0.29) is 11.4 Å². The Bertz CT molecular complexity index is 628. The molecule has 4 rings (SSSR count). The number of methoxy groups -OCH3 is 1. The van der Waals surface area contributed by atoms with Gasteiger partial charge < -0.3 is 4.74 Å². The minimum absolute atomic E-state index is 0.0122. The summed E-state index contributed by atoms with van der Waals surface area (Å²) in [6.07, 6.45) is 12.2. The van der Waals surface area contributed by atoms with E-state index in [1.807, 2.05) is 0 Å². The molecule has 0 saturated heterocycles. The molecule has 1 spiro atoms. The number of hydrogen-bond donors (Lipinski definition) is 0. The zero-order valence-electron chi connectivity index (χ0n) is 15.1. The van der Waals surface area contributed by atoms with Crippen LogP contribution in [0.2, 0.25) is 0 Å². The number of carbonyl (C=O) groups excluding carboxylic acids is 1. The number of fused-ring (bicyclic) bond motifs is 1. The van der Waals surface area contributed by atoms with Gasteiger partial charge in [0, 0.05) is 5.41 Å². The smallest absolute Gasteiger partial charge is 0.315 e. The third-order valence-corrected chi connectivity index (χ3v) is 8.04. The SMILES string of the molecule is COC(=O)[C@]1(C)CCCC2=C1CC[C@@]1(C)C=C(C)[C@@H]3CC[C@]21C3. The molecule has 23 heavy (non-hydrogen) atoms. The Kier molecular flexibility index (Phi) is 3.19. The standard InChI is InChI=1S/C21H30O2/c1-14-12-19(2)10-8-16-17(21(19)11-7-15(14)13-21)6-5-9-20(16,3)18(22)23-4/h12,15H,5-11,13H2,1-4H3/t15-,19+,20-,21+/m1/s1. The lowest BCUT2D eigenvalue weighted by Gasteiger charge is -2.56. The predicted molar refractivity (Wildman–Crippen MR) is 91.9 cm³/mol. The molecule has 0 radical (unpaired) electrons. The highest BCUT2D eigenvalue weighted by atomic mass is 16.5. The minimum Gasteiger partial charge on any atom is -0.468 e. The molecule has 1 fully saturated rings. The molecule has 0 aromatic heterocycles. The average Bonchev–Trinajstić information content (AvgIpc) is 2.94. The fourth-order valence-electron chi connectivity index (χ4n) is 6.69. The number of esters is 1. The fraction of sp³-hybridized carbons (Fsp3) is 0.762. The first-order chi connectivity index (χ1) is 10.9. The second-order valence-electron chi connectivity index (χ2n) is 8.96. The monoisotopic (exact) mass is 314 g/mol. The van der Waals surface area contributed by atoms with Gasteiger partial charge in [0.05, 0.1) is 12.5 Å². The Labute approximate surface area is 140 Å². The quantitative estimate of drug-likeness (QED) is 0.491. The molecular formula is C21H30O2. The number of rotatable bonds is 1. The van der Waals surface area contributed by atoms with Gasteiger partial charge in [-0.15, -0.1) is 0 Å². The summed E-state index contributed by atoms with van der Waals surface area (Å²) in [4.78, 5) is 12.6. The van der Waals surface area contributed by atoms with E-state index in [0.29, 0.717) is 10.8 Å². The van der Waals surface area contributed by atoms with Gasteiger partial charge in [-0.25, -0.2) is 0 Å². The van der Waals surface area contributed by atoms with Crippen LogP contribution in [0.1, 0.15) is 72.1 Å². The molecule has 4 aliphatic carbocycles. The maximum Gasteiger partial charge on any atom is 0.315 e. The minimum atomic E-state index is -0.368. The summed E-state index contributed by atoms with van der Waals surface area (Å²) in [6.45, 7) is 6.98. The molecule has 126 valence electrons. The highest BCUT2D eigenvalue weighted by Gasteiger charge is 2.60. The van der Waals surface area contributed by atoms with E-state index in [9.17, 15) is 4.79 Å². The Hall–Kier alpha value is -1.05. The normalized spacial score (nSPS) is 45.2. The summed E-state index contributed by atoms with van der Waals surface area (Å²) in [5.74, 6) is 0.767. The second-order valence-corrected chi connectivity index (χ2v) is 8.96. The van der Waals surface area contributed by atoms with Crippen molar-refractivity contribution < 1.29 is 9.53 Å². The summed E-state index contributed by atoms with van der Waals surface area (Å²) in [6, 6.07) is 0. The maximum absolute atomic E-state index is 12.6. The van der Waals surface area contributed by atoms with Crippen LogP contribution < -0.4 is 0 Å². The van der Waals surface area contributed by atoms with E-state index in [4.69, 9.17) is 4.74 Å². The van der Waals surface area contributed by atoms with Crippen molar-refractivity contribution in [2.24, 2.45) is 22.2 Å². The van der Waals surface area contributed by atoms with Gasteiger partial charge in [-0.1, -0.05) is 29.7 Å². The van der Waals surface area contributed by atoms with Crippen LogP contribution in [-0.4, -0.2) is 13.1 Å². The van der Waals surface area contributed by atoms with Crippen LogP contribution in [-0.2, 0) is 9.53 Å². The van der Waals surface area contributed by atoms with Crippen molar-refractivity contribution in [2.75, 3.05) is 7.11 Å². The van der Waals surface area contributed by atoms with Crippen LogP contribution in [0.15, 0.2) is 22.8 Å². The van der Waals surface area contributed by atoms with Gasteiger partial charge in [0.2, 0.25) is 0 Å². The number of allylic oxidation sites excluding steroid dienone is 3. The van der Waals surface area contributed by atoms with Crippen LogP contribution in [0.4, 0.5) is 0 Å². The first kappa shape index (κ1) is 15.5. The van der Waals surface area contributed by atoms with Crippen molar-refractivity contribution in [1.82, 2.24) is 0 Å². The highest BCUT2D eigenvalue weighted by Crippen LogP contribution is 2.70. The summed E-state index contributed by atoms with van der Waals surface area (Å²) < 4.78 is 5.21. The molecule has 4 aliphatic rings. The topological polar surface area (TPSA) is 26.3 Å². The van der Waals surface area contributed by atoms with E-state index in [0.717, 1.165) is 25.2 Å². The second kappa shape index (κ2) is 4.74. The fourth-order valence-corrected chi connectivity index (χ4v) is 6.69. The Morgan fingerprint density at radius 1 is 1.17 bits per heavy atom. The molecule has 2 nitrogen and oxygen atoms in total. The van der Waals surface area contributed by atoms with Crippen molar-refractivity contribution in [3.05, 3.63) is 22.8 Å². The van der Waals surface area contributed by atoms with E-state index in [2.05, 4.69) is 26.8 Å². The summed E-state index contributed by atoms with van der Waals surface area (Å²) >= 11 is 0. The first-order valence-electron chi connectivity index (χ1n) is 9.37. The molecule has 4 atom stereocenters. The molecule has 0 aromatic carbocycles. The van der Waals surface area contributed by atoms with Crippen LogP contribution in [0.3, 0.4) is 0 Å². The molecule has 1 saturated carbocycles. The highest BCUT2D eigenvalue weighted by molar-refractivity contribution is 5.81. The summed E-state index contributed by atoms with van der Waals surface area (Å²) in [7, 11) is 1.55. The lowest BCUT2D eigenvalue weighted by Crippen LogP contribution is -2.48. The number of hydrogen-bond acceptors (Lipinski definition) is 2. The molecule has 0 N–H and O–H groups in total. The van der Waals surface area contributed by atoms with Crippen molar-refractivity contribution in [3.63, 3.8) is 0 Å². The largest absolute Gasteiger partial charge is 0.468 e. The van der Waals surface area contributed by atoms with E-state index in [1.165, 1.54) is 37.7 Å². The van der Waals surface area contributed by atoms with Crippen molar-refractivity contribution in [2.45, 2.75) is 72.1 Å². The lowest BCUT2D eigenvalue weighted by molar-refractivity contribution is -0.150. The average molecular weight is 314 g/mol. The predicted octanol–water partition coefficient (Wildman–Crippen LogP) is 5.19. The molecule has 0 aromatic rings. The first-order valence-corrected chi connectivity index (χ1v) is 9.37. The molecule has 0 amide bonds. The van der Waals surface area contributed by atoms with Gasteiger partial charge in [0.1, 0.15) is 0 Å². The zero-order chi connectivity index (χ0) is 16.5. The summed E-state index contributed by atoms with van der Waals surface area (Å²) in [5.41, 5.74) is 5.01. The third kappa shape index (κ3) is 1.78. The molecule has 0 aliphatic heterocycles. The van der Waals surface area contributed by atoms with Gasteiger partial charge >= 0.3 is 5.97 Å². The van der Waals surface area contributed by atoms with Crippen molar-refractivity contribution >= 4 is 5.97 Å². The van der Waals surface area contributed by atoms with E-state index >= 15 is 0 Å². The van der Waals surface area contributed by atoms with Gasteiger partial charge in [-0.2, -0.15) is 0 Å². The lowest BCUT2D eigenvalue weighted by atomic mass is 9.47. The third-order valence-electron chi connectivity index (χ3n) is 8.04. The van der Waals surface area contributed by atoms with Crippen LogP contribution in [0.5, 0.6) is 0 Å². The van der Waals surface area contributed by atoms with Gasteiger partial charge in [-0.3, -0.25) is 4.79 Å². The Balaban J connectivity index is 1.89. The van der Waals surface area contributed by atoms with Gasteiger partial charge in [0.25, 0.3) is 0 Å².